The molecule has 0 saturated heterocycles. The summed E-state index contributed by atoms with van der Waals surface area (Å²) in [6.07, 6.45) is 1.94. The van der Waals surface area contributed by atoms with Crippen molar-refractivity contribution in [1.82, 2.24) is 0 Å². The van der Waals surface area contributed by atoms with Crippen LogP contribution in [0, 0.1) is 5.82 Å². The van der Waals surface area contributed by atoms with Crippen LogP contribution in [0.4, 0.5) is 4.39 Å². The Morgan fingerprint density at radius 1 is 1.29 bits per heavy atom. The van der Waals surface area contributed by atoms with Crippen molar-refractivity contribution >= 4 is 0 Å². The van der Waals surface area contributed by atoms with E-state index in [1.165, 1.54) is 0 Å². The second-order valence-electron chi connectivity index (χ2n) is 4.69. The summed E-state index contributed by atoms with van der Waals surface area (Å²) < 4.78 is 19.1. The lowest BCUT2D eigenvalue weighted by atomic mass is 9.96. The van der Waals surface area contributed by atoms with Crippen LogP contribution < -0.4 is 10.5 Å². The normalized spacial score (nSPS) is 12.8. The molecule has 0 saturated carbocycles. The minimum Gasteiger partial charge on any atom is -0.488 e. The number of hydrogen-bond acceptors (Lipinski definition) is 2. The molecular formula is C14H22FNO. The van der Waals surface area contributed by atoms with E-state index in [1.54, 1.807) is 12.1 Å². The number of nitrogens with two attached hydrogens (primary N) is 1. The van der Waals surface area contributed by atoms with Crippen molar-refractivity contribution < 1.29 is 9.13 Å². The maximum atomic E-state index is 13.7. The molecule has 1 atom stereocenters. The van der Waals surface area contributed by atoms with Gasteiger partial charge in [-0.15, -0.1) is 0 Å². The molecule has 17 heavy (non-hydrogen) atoms. The van der Waals surface area contributed by atoms with Gasteiger partial charge in [0.2, 0.25) is 0 Å². The fourth-order valence-corrected chi connectivity index (χ4v) is 1.76. The van der Waals surface area contributed by atoms with Gasteiger partial charge in [-0.25, -0.2) is 4.39 Å². The number of benzene rings is 1. The number of rotatable bonds is 6. The van der Waals surface area contributed by atoms with Gasteiger partial charge in [0.25, 0.3) is 0 Å². The first-order valence-electron chi connectivity index (χ1n) is 6.20. The lowest BCUT2D eigenvalue weighted by Crippen LogP contribution is -2.07. The zero-order valence-corrected chi connectivity index (χ0v) is 10.9. The Bertz CT molecular complexity index is 352. The Balaban J connectivity index is 2.73. The molecule has 1 unspecified atom stereocenters. The van der Waals surface area contributed by atoms with Crippen LogP contribution in [0.2, 0.25) is 0 Å². The van der Waals surface area contributed by atoms with Gasteiger partial charge in [0, 0.05) is 0 Å². The molecule has 0 heterocycles. The summed E-state index contributed by atoms with van der Waals surface area (Å²) in [7, 11) is 0. The smallest absolute Gasteiger partial charge is 0.165 e. The molecule has 2 nitrogen and oxygen atoms in total. The summed E-state index contributed by atoms with van der Waals surface area (Å²) in [5.74, 6) is 0.381. The largest absolute Gasteiger partial charge is 0.488 e. The molecule has 1 rings (SSSR count). The highest BCUT2D eigenvalue weighted by Crippen LogP contribution is 2.26. The Morgan fingerprint density at radius 2 is 2.00 bits per heavy atom. The van der Waals surface area contributed by atoms with Crippen LogP contribution >= 0.6 is 0 Å². The van der Waals surface area contributed by atoms with Crippen molar-refractivity contribution in [2.24, 2.45) is 5.73 Å². The molecule has 1 aromatic carbocycles. The zero-order chi connectivity index (χ0) is 12.8. The Morgan fingerprint density at radius 3 is 2.53 bits per heavy atom. The maximum absolute atomic E-state index is 13.7. The minimum atomic E-state index is -0.282. The van der Waals surface area contributed by atoms with Crippen molar-refractivity contribution in [3.05, 3.63) is 29.6 Å². The second kappa shape index (κ2) is 6.60. The predicted octanol–water partition coefficient (Wildman–Crippen LogP) is 3.46. The van der Waals surface area contributed by atoms with Gasteiger partial charge in [0.1, 0.15) is 0 Å². The zero-order valence-electron chi connectivity index (χ0n) is 10.9. The molecule has 0 aliphatic carbocycles. The fourth-order valence-electron chi connectivity index (χ4n) is 1.76. The molecular weight excluding hydrogens is 217 g/mol. The third-order valence-corrected chi connectivity index (χ3v) is 2.73. The van der Waals surface area contributed by atoms with Gasteiger partial charge in [-0.3, -0.25) is 0 Å². The lowest BCUT2D eigenvalue weighted by molar-refractivity contribution is 0.231. The van der Waals surface area contributed by atoms with E-state index < -0.39 is 0 Å². The van der Waals surface area contributed by atoms with Gasteiger partial charge in [-0.05, 0) is 56.8 Å². The van der Waals surface area contributed by atoms with Crippen LogP contribution in [-0.2, 0) is 0 Å². The van der Waals surface area contributed by atoms with E-state index in [-0.39, 0.29) is 11.9 Å². The molecule has 0 aliphatic heterocycles. The van der Waals surface area contributed by atoms with Gasteiger partial charge in [-0.2, -0.15) is 0 Å². The molecule has 0 spiro atoms. The summed E-state index contributed by atoms with van der Waals surface area (Å²) in [6.45, 7) is 6.54. The minimum absolute atomic E-state index is 0.00925. The highest BCUT2D eigenvalue weighted by Gasteiger charge is 2.10. The number of halogens is 1. The van der Waals surface area contributed by atoms with Crippen LogP contribution in [0.25, 0.3) is 0 Å². The van der Waals surface area contributed by atoms with Crippen LogP contribution in [0.1, 0.15) is 45.1 Å². The quantitative estimate of drug-likeness (QED) is 0.825. The van der Waals surface area contributed by atoms with Crippen LogP contribution in [0.5, 0.6) is 5.75 Å². The average molecular weight is 239 g/mol. The van der Waals surface area contributed by atoms with Gasteiger partial charge in [0.05, 0.1) is 6.10 Å². The average Bonchev–Trinajstić information content (AvgIpc) is 2.28. The van der Waals surface area contributed by atoms with E-state index in [0.29, 0.717) is 18.2 Å². The van der Waals surface area contributed by atoms with Gasteiger partial charge in [-0.1, -0.05) is 13.0 Å². The first-order valence-corrected chi connectivity index (χ1v) is 6.20. The Hall–Kier alpha value is -1.09. The van der Waals surface area contributed by atoms with E-state index in [2.05, 4.69) is 6.92 Å². The standard InChI is InChI=1S/C14H22FNO/c1-10(2)17-14-7-6-12(9-13(14)15)11(3)5-4-8-16/h6-7,9-11H,4-5,8,16H2,1-3H3. The van der Waals surface area contributed by atoms with Crippen molar-refractivity contribution in [3.63, 3.8) is 0 Å². The van der Waals surface area contributed by atoms with Crippen LogP contribution in [-0.4, -0.2) is 12.6 Å². The predicted molar refractivity (Wildman–Crippen MR) is 68.9 cm³/mol. The molecule has 0 bridgehead atoms. The van der Waals surface area contributed by atoms with Crippen LogP contribution in [0.3, 0.4) is 0 Å². The maximum Gasteiger partial charge on any atom is 0.165 e. The molecule has 0 radical (unpaired) electrons. The van der Waals surface area contributed by atoms with Crippen LogP contribution in [0.15, 0.2) is 18.2 Å². The highest BCUT2D eigenvalue weighted by molar-refractivity contribution is 5.31. The molecule has 0 amide bonds. The molecule has 0 aromatic heterocycles. The molecule has 0 aliphatic rings. The van der Waals surface area contributed by atoms with E-state index in [9.17, 15) is 4.39 Å². The van der Waals surface area contributed by atoms with E-state index in [0.717, 1.165) is 18.4 Å². The third-order valence-electron chi connectivity index (χ3n) is 2.73. The Kier molecular flexibility index (Phi) is 5.42. The molecule has 0 fully saturated rings. The van der Waals surface area contributed by atoms with Gasteiger partial charge in [0.15, 0.2) is 11.6 Å². The molecule has 96 valence electrons. The second-order valence-corrected chi connectivity index (χ2v) is 4.69. The Labute approximate surface area is 103 Å². The first-order chi connectivity index (χ1) is 8.04. The molecule has 3 heteroatoms. The van der Waals surface area contributed by atoms with Crippen molar-refractivity contribution in [2.75, 3.05) is 6.54 Å². The summed E-state index contributed by atoms with van der Waals surface area (Å²) >= 11 is 0. The SMILES string of the molecule is CC(C)Oc1ccc(C(C)CCCN)cc1F. The van der Waals surface area contributed by atoms with Crippen molar-refractivity contribution in [2.45, 2.75) is 45.6 Å². The summed E-state index contributed by atoms with van der Waals surface area (Å²) in [5.41, 5.74) is 6.48. The van der Waals surface area contributed by atoms with E-state index >= 15 is 0 Å². The lowest BCUT2D eigenvalue weighted by Gasteiger charge is -2.14. The third kappa shape index (κ3) is 4.35. The monoisotopic (exact) mass is 239 g/mol. The summed E-state index contributed by atoms with van der Waals surface area (Å²) in [6, 6.07) is 5.21. The molecule has 1 aromatic rings. The summed E-state index contributed by atoms with van der Waals surface area (Å²) in [4.78, 5) is 0. The highest BCUT2D eigenvalue weighted by atomic mass is 19.1. The van der Waals surface area contributed by atoms with Gasteiger partial charge < -0.3 is 10.5 Å². The number of ether oxygens (including phenoxy) is 1. The summed E-state index contributed by atoms with van der Waals surface area (Å²) in [5, 5.41) is 0. The van der Waals surface area contributed by atoms with Crippen molar-refractivity contribution in [1.29, 1.82) is 0 Å². The first kappa shape index (κ1) is 14.0. The van der Waals surface area contributed by atoms with E-state index in [4.69, 9.17) is 10.5 Å². The van der Waals surface area contributed by atoms with Crippen molar-refractivity contribution in [3.8, 4) is 5.75 Å². The number of hydrogen-bond donors (Lipinski definition) is 1. The van der Waals surface area contributed by atoms with E-state index in [1.807, 2.05) is 19.9 Å². The fraction of sp³-hybridized carbons (Fsp3) is 0.571. The molecule has 2 N–H and O–H groups in total. The van der Waals surface area contributed by atoms with Gasteiger partial charge >= 0.3 is 0 Å². The topological polar surface area (TPSA) is 35.2 Å².